The first-order valence-electron chi connectivity index (χ1n) is 10.9. The molecule has 2 amide bonds. The van der Waals surface area contributed by atoms with Gasteiger partial charge in [0, 0.05) is 18.1 Å². The minimum atomic E-state index is -1.32. The Morgan fingerprint density at radius 3 is 2.62 bits per heavy atom. The maximum absolute atomic E-state index is 12.6. The van der Waals surface area contributed by atoms with E-state index in [1.54, 1.807) is 29.3 Å². The summed E-state index contributed by atoms with van der Waals surface area (Å²) in [5, 5.41) is 17.0. The molecule has 3 rings (SSSR count). The highest BCUT2D eigenvalue weighted by Crippen LogP contribution is 2.33. The van der Waals surface area contributed by atoms with Crippen molar-refractivity contribution in [3.8, 4) is 11.5 Å². The molecular weight excluding hydrogens is 444 g/mol. The Bertz CT molecular complexity index is 1030. The molecule has 0 bridgehead atoms. The highest BCUT2D eigenvalue weighted by molar-refractivity contribution is 6.01. The van der Waals surface area contributed by atoms with Crippen molar-refractivity contribution >= 4 is 29.2 Å². The number of aliphatic hydroxyl groups is 1. The summed E-state index contributed by atoms with van der Waals surface area (Å²) in [6, 6.07) is 5.05. The number of fused-ring (bicyclic) bond motifs is 1. The molecule has 0 aliphatic carbocycles. The Morgan fingerprint density at radius 1 is 1.35 bits per heavy atom. The van der Waals surface area contributed by atoms with Gasteiger partial charge in [-0.3, -0.25) is 19.4 Å². The molecule has 11 nitrogen and oxygen atoms in total. The molecule has 11 heteroatoms. The first-order valence-corrected chi connectivity index (χ1v) is 10.9. The smallest absolute Gasteiger partial charge is 0.290 e. The van der Waals surface area contributed by atoms with Gasteiger partial charge in [-0.1, -0.05) is 0 Å². The van der Waals surface area contributed by atoms with Crippen LogP contribution in [0, 0.1) is 0 Å². The van der Waals surface area contributed by atoms with Gasteiger partial charge in [0.2, 0.25) is 5.91 Å². The van der Waals surface area contributed by atoms with Crippen LogP contribution in [-0.2, 0) is 9.59 Å². The normalized spacial score (nSPS) is 17.4. The number of carbonyl (C=O) groups excluding carboxylic acids is 2. The summed E-state index contributed by atoms with van der Waals surface area (Å²) < 4.78 is 12.0. The van der Waals surface area contributed by atoms with Gasteiger partial charge in [0.15, 0.2) is 0 Å². The highest BCUT2D eigenvalue weighted by atomic mass is 16.5. The highest BCUT2D eigenvalue weighted by Gasteiger charge is 2.35. The lowest BCUT2D eigenvalue weighted by Crippen LogP contribution is -2.58. The first-order chi connectivity index (χ1) is 16.0. The van der Waals surface area contributed by atoms with Crippen molar-refractivity contribution < 1.29 is 34.1 Å². The number of ether oxygens (including phenoxy) is 2. The van der Waals surface area contributed by atoms with Crippen LogP contribution in [0.15, 0.2) is 24.4 Å². The topological polar surface area (TPSA) is 178 Å². The number of primary amides is 1. The number of benzene rings is 1. The molecule has 1 aromatic heterocycles. The summed E-state index contributed by atoms with van der Waals surface area (Å²) in [4.78, 5) is 38.8. The third kappa shape index (κ3) is 6.55. The molecule has 1 fully saturated rings. The van der Waals surface area contributed by atoms with E-state index in [-0.39, 0.29) is 30.2 Å². The molecule has 1 unspecified atom stereocenters. The quantitative estimate of drug-likeness (QED) is 0.422. The average molecular weight is 477 g/mol. The van der Waals surface area contributed by atoms with Crippen molar-refractivity contribution in [2.75, 3.05) is 19.7 Å². The van der Waals surface area contributed by atoms with Crippen molar-refractivity contribution in [1.29, 1.82) is 0 Å². The molecule has 2 atom stereocenters. The molecule has 1 aromatic carbocycles. The second-order valence-electron chi connectivity index (χ2n) is 8.52. The van der Waals surface area contributed by atoms with Crippen LogP contribution < -0.4 is 20.9 Å². The lowest BCUT2D eigenvalue weighted by atomic mass is 10.00. The number of amides is 2. The summed E-state index contributed by atoms with van der Waals surface area (Å²) in [5.74, 6) is 0.0455. The summed E-state index contributed by atoms with van der Waals surface area (Å²) in [6.45, 7) is 5.50. The van der Waals surface area contributed by atoms with Crippen LogP contribution in [0.3, 0.4) is 0 Å². The van der Waals surface area contributed by atoms with Crippen LogP contribution in [0.1, 0.15) is 44.0 Å². The second kappa shape index (κ2) is 11.6. The lowest BCUT2D eigenvalue weighted by Gasteiger charge is -2.36. The van der Waals surface area contributed by atoms with Crippen LogP contribution in [0.25, 0.3) is 10.9 Å². The average Bonchev–Trinajstić information content (AvgIpc) is 2.78. The van der Waals surface area contributed by atoms with Crippen molar-refractivity contribution in [2.45, 2.75) is 51.4 Å². The second-order valence-corrected chi connectivity index (χ2v) is 8.52. The van der Waals surface area contributed by atoms with E-state index >= 15 is 0 Å². The van der Waals surface area contributed by atoms with Crippen LogP contribution >= 0.6 is 0 Å². The van der Waals surface area contributed by atoms with E-state index < -0.39 is 18.1 Å². The number of hydrogen-bond donors (Lipinski definition) is 4. The molecule has 6 N–H and O–H groups in total. The monoisotopic (exact) mass is 476 g/mol. The fraction of sp³-hybridized carbons (Fsp3) is 0.478. The maximum Gasteiger partial charge on any atom is 0.290 e. The molecule has 1 saturated heterocycles. The van der Waals surface area contributed by atoms with Crippen molar-refractivity contribution in [3.05, 3.63) is 30.0 Å². The molecular formula is C23H32N4O7. The molecule has 186 valence electrons. The third-order valence-electron chi connectivity index (χ3n) is 5.21. The minimum absolute atomic E-state index is 0.147. The van der Waals surface area contributed by atoms with Gasteiger partial charge in [-0.2, -0.15) is 0 Å². The number of nitrogens with zero attached hydrogens (tertiary/aromatic N) is 2. The summed E-state index contributed by atoms with van der Waals surface area (Å²) >= 11 is 0. The summed E-state index contributed by atoms with van der Waals surface area (Å²) in [5.41, 5.74) is 10.9. The van der Waals surface area contributed by atoms with Crippen LogP contribution in [-0.4, -0.2) is 75.8 Å². The Balaban J connectivity index is 0.00000129. The Kier molecular flexibility index (Phi) is 9.16. The number of aliphatic hydroxyl groups excluding tert-OH is 1. The number of carbonyl (C=O) groups is 3. The Hall–Kier alpha value is -3.44. The molecule has 1 aliphatic rings. The number of nitrogens with two attached hydrogens (primary N) is 2. The van der Waals surface area contributed by atoms with Crippen LogP contribution in [0.2, 0.25) is 0 Å². The minimum Gasteiger partial charge on any atom is -0.490 e. The van der Waals surface area contributed by atoms with E-state index in [2.05, 4.69) is 4.98 Å². The molecule has 0 saturated carbocycles. The fourth-order valence-corrected chi connectivity index (χ4v) is 3.62. The fourth-order valence-electron chi connectivity index (χ4n) is 3.62. The Morgan fingerprint density at radius 2 is 2.03 bits per heavy atom. The number of piperidine rings is 1. The number of pyridine rings is 1. The summed E-state index contributed by atoms with van der Waals surface area (Å²) in [7, 11) is 0. The van der Waals surface area contributed by atoms with E-state index in [1.165, 1.54) is 6.92 Å². The van der Waals surface area contributed by atoms with E-state index in [4.69, 9.17) is 30.8 Å². The van der Waals surface area contributed by atoms with Crippen LogP contribution in [0.4, 0.5) is 0 Å². The molecule has 2 heterocycles. The van der Waals surface area contributed by atoms with Gasteiger partial charge in [0.25, 0.3) is 12.4 Å². The predicted molar refractivity (Wildman–Crippen MR) is 125 cm³/mol. The van der Waals surface area contributed by atoms with Crippen molar-refractivity contribution in [3.63, 3.8) is 0 Å². The molecule has 1 aliphatic heterocycles. The zero-order valence-electron chi connectivity index (χ0n) is 19.6. The van der Waals surface area contributed by atoms with E-state index in [1.807, 2.05) is 13.8 Å². The largest absolute Gasteiger partial charge is 0.490 e. The lowest BCUT2D eigenvalue weighted by molar-refractivity contribution is -0.140. The van der Waals surface area contributed by atoms with Gasteiger partial charge in [-0.25, -0.2) is 0 Å². The van der Waals surface area contributed by atoms with Crippen molar-refractivity contribution in [1.82, 2.24) is 9.88 Å². The molecule has 0 spiro atoms. The predicted octanol–water partition coefficient (Wildman–Crippen LogP) is 0.901. The van der Waals surface area contributed by atoms with Gasteiger partial charge in [0.05, 0.1) is 30.3 Å². The first kappa shape index (κ1) is 26.8. The summed E-state index contributed by atoms with van der Waals surface area (Å²) in [6.07, 6.45) is 2.73. The van der Waals surface area contributed by atoms with Gasteiger partial charge in [0.1, 0.15) is 23.1 Å². The number of hydrogen-bond acceptors (Lipinski definition) is 8. The zero-order valence-corrected chi connectivity index (χ0v) is 19.6. The van der Waals surface area contributed by atoms with Gasteiger partial charge in [-0.15, -0.1) is 0 Å². The van der Waals surface area contributed by atoms with Crippen molar-refractivity contribution in [2.24, 2.45) is 11.5 Å². The van der Waals surface area contributed by atoms with E-state index in [0.717, 1.165) is 12.8 Å². The van der Waals surface area contributed by atoms with Gasteiger partial charge >= 0.3 is 0 Å². The number of aromatic nitrogens is 1. The maximum atomic E-state index is 12.6. The molecule has 34 heavy (non-hydrogen) atoms. The SMILES string of the molecule is CC(C)Oc1cc2c(O[C@@H]3CCCN(C(=O)C(C)(N)CO)C3)ccnc2cc1C(N)=O.O=CO. The molecule has 2 aromatic rings. The zero-order chi connectivity index (χ0) is 25.5. The standard InChI is InChI=1S/C22H30N4O5.CH2O2/c1-13(2)30-19-10-15-17(9-16(19)20(23)28)25-7-6-18(15)31-14-5-4-8-26(11-14)21(29)22(3,24)12-27;2-1-3/h6-7,9-10,13-14,27H,4-5,8,11-12,24H2,1-3H3,(H2,23,28);1H,(H,2,3)/t14-,22?;/m1./s1. The van der Waals surface area contributed by atoms with E-state index in [0.29, 0.717) is 35.5 Å². The molecule has 0 radical (unpaired) electrons. The number of likely N-dealkylation sites (tertiary alicyclic amines) is 1. The third-order valence-corrected chi connectivity index (χ3v) is 5.21. The van der Waals surface area contributed by atoms with E-state index in [9.17, 15) is 14.7 Å². The number of carboxylic acid groups (broad SMARTS) is 1. The number of rotatable bonds is 7. The van der Waals surface area contributed by atoms with Gasteiger partial charge < -0.3 is 36.1 Å². The Labute approximate surface area is 197 Å². The van der Waals surface area contributed by atoms with Crippen LogP contribution in [0.5, 0.6) is 11.5 Å². The van der Waals surface area contributed by atoms with Gasteiger partial charge in [-0.05, 0) is 51.8 Å².